The van der Waals surface area contributed by atoms with E-state index in [1.807, 2.05) is 0 Å². The third-order valence-electron chi connectivity index (χ3n) is 21.9. The van der Waals surface area contributed by atoms with Crippen LogP contribution < -0.4 is 0 Å². The van der Waals surface area contributed by atoms with E-state index in [1.54, 1.807) is 0 Å². The quantitative estimate of drug-likeness (QED) is 0.0222. The van der Waals surface area contributed by atoms with Crippen molar-refractivity contribution in [1.82, 2.24) is 0 Å². The summed E-state index contributed by atoms with van der Waals surface area (Å²) in [5.41, 5.74) is 0. The Labute approximate surface area is 670 Å². The molecule has 0 rings (SSSR count). The van der Waals surface area contributed by atoms with Crippen LogP contribution in [-0.2, 0) is 65.4 Å². The molecule has 109 heavy (non-hydrogen) atoms. The molecular formula is C90H176O17P2. The van der Waals surface area contributed by atoms with Gasteiger partial charge in [0.15, 0.2) is 12.2 Å². The highest BCUT2D eigenvalue weighted by Crippen LogP contribution is 2.45. The second kappa shape index (κ2) is 79.9. The zero-order valence-corrected chi connectivity index (χ0v) is 73.8. The minimum atomic E-state index is -4.97. The monoisotopic (exact) mass is 1590 g/mol. The van der Waals surface area contributed by atoms with Crippen molar-refractivity contribution in [1.29, 1.82) is 0 Å². The predicted molar refractivity (Wildman–Crippen MR) is 451 cm³/mol. The Hall–Kier alpha value is -1.94. The fourth-order valence-electron chi connectivity index (χ4n) is 14.0. The fraction of sp³-hybridized carbons (Fsp3) is 0.956. The summed E-state index contributed by atoms with van der Waals surface area (Å²) >= 11 is 0. The molecule has 0 aliphatic carbocycles. The van der Waals surface area contributed by atoms with Crippen LogP contribution in [0.4, 0.5) is 0 Å². The Kier molecular flexibility index (Phi) is 78.5. The van der Waals surface area contributed by atoms with Crippen molar-refractivity contribution in [2.75, 3.05) is 39.6 Å². The molecule has 7 atom stereocenters. The van der Waals surface area contributed by atoms with Crippen LogP contribution in [0.3, 0.4) is 0 Å². The van der Waals surface area contributed by atoms with E-state index in [9.17, 15) is 43.2 Å². The number of unbranched alkanes of at least 4 members (excludes halogenated alkanes) is 54. The van der Waals surface area contributed by atoms with Gasteiger partial charge in [0.2, 0.25) is 0 Å². The molecular weight excluding hydrogens is 1410 g/mol. The minimum Gasteiger partial charge on any atom is -0.462 e. The summed E-state index contributed by atoms with van der Waals surface area (Å²) in [4.78, 5) is 73.3. The molecule has 0 bridgehead atoms. The average molecular weight is 1590 g/mol. The van der Waals surface area contributed by atoms with E-state index in [2.05, 4.69) is 48.5 Å². The van der Waals surface area contributed by atoms with E-state index in [0.29, 0.717) is 25.7 Å². The summed E-state index contributed by atoms with van der Waals surface area (Å²) < 4.78 is 69.0. The summed E-state index contributed by atoms with van der Waals surface area (Å²) in [5, 5.41) is 10.7. The number of carbonyl (C=O) groups excluding carboxylic acids is 4. The molecule has 0 aliphatic heterocycles. The molecule has 0 aromatic rings. The third kappa shape index (κ3) is 81.0. The van der Waals surface area contributed by atoms with Gasteiger partial charge >= 0.3 is 39.5 Å². The van der Waals surface area contributed by atoms with Gasteiger partial charge in [-0.3, -0.25) is 37.3 Å². The Bertz CT molecular complexity index is 2100. The van der Waals surface area contributed by atoms with Crippen molar-refractivity contribution >= 4 is 39.5 Å². The zero-order valence-electron chi connectivity index (χ0n) is 72.0. The predicted octanol–water partition coefficient (Wildman–Crippen LogP) is 27.6. The van der Waals surface area contributed by atoms with Crippen LogP contribution >= 0.6 is 15.6 Å². The number of hydrogen-bond donors (Lipinski definition) is 3. The van der Waals surface area contributed by atoms with Gasteiger partial charge in [-0.15, -0.1) is 0 Å². The van der Waals surface area contributed by atoms with E-state index in [1.165, 1.54) is 289 Å². The molecule has 0 spiro atoms. The first-order chi connectivity index (χ1) is 52.8. The number of carbonyl (C=O) groups is 4. The number of phosphoric ester groups is 2. The maximum absolute atomic E-state index is 13.2. The summed E-state index contributed by atoms with van der Waals surface area (Å²) in [6.45, 7) is 12.1. The van der Waals surface area contributed by atoms with Gasteiger partial charge in [0.1, 0.15) is 19.3 Å². The van der Waals surface area contributed by atoms with Gasteiger partial charge in [-0.05, 0) is 43.4 Å². The van der Waals surface area contributed by atoms with Crippen LogP contribution in [0.2, 0.25) is 0 Å². The van der Waals surface area contributed by atoms with Crippen molar-refractivity contribution < 1.29 is 80.2 Å². The molecule has 0 aromatic carbocycles. The molecule has 4 unspecified atom stereocenters. The second-order valence-electron chi connectivity index (χ2n) is 33.3. The molecule has 19 heteroatoms. The first-order valence-corrected chi connectivity index (χ1v) is 49.4. The molecule has 0 saturated heterocycles. The minimum absolute atomic E-state index is 0.106. The van der Waals surface area contributed by atoms with E-state index in [4.69, 9.17) is 37.0 Å². The number of aliphatic hydroxyl groups excluding tert-OH is 1. The van der Waals surface area contributed by atoms with Crippen LogP contribution in [0.5, 0.6) is 0 Å². The van der Waals surface area contributed by atoms with Crippen LogP contribution in [0.1, 0.15) is 479 Å². The normalized spacial score (nSPS) is 14.3. The molecule has 0 aliphatic rings. The van der Waals surface area contributed by atoms with Crippen LogP contribution in [0.25, 0.3) is 0 Å². The number of hydrogen-bond acceptors (Lipinski definition) is 15. The lowest BCUT2D eigenvalue weighted by Crippen LogP contribution is -2.30. The lowest BCUT2D eigenvalue weighted by atomic mass is 9.99. The van der Waals surface area contributed by atoms with Gasteiger partial charge < -0.3 is 33.8 Å². The summed E-state index contributed by atoms with van der Waals surface area (Å²) in [5.74, 6) is 0.298. The summed E-state index contributed by atoms with van der Waals surface area (Å²) in [6.07, 6.45) is 72.3. The highest BCUT2D eigenvalue weighted by Gasteiger charge is 2.31. The molecule has 17 nitrogen and oxygen atoms in total. The van der Waals surface area contributed by atoms with Gasteiger partial charge in [-0.25, -0.2) is 9.13 Å². The molecule has 0 saturated carbocycles. The lowest BCUT2D eigenvalue weighted by Gasteiger charge is -2.21. The van der Waals surface area contributed by atoms with Gasteiger partial charge in [0, 0.05) is 25.7 Å². The smallest absolute Gasteiger partial charge is 0.462 e. The lowest BCUT2D eigenvalue weighted by molar-refractivity contribution is -0.161. The average Bonchev–Trinajstić information content (AvgIpc) is 0.905. The molecule has 0 fully saturated rings. The highest BCUT2D eigenvalue weighted by molar-refractivity contribution is 7.47. The number of esters is 4. The number of rotatable bonds is 88. The largest absolute Gasteiger partial charge is 0.472 e. The zero-order chi connectivity index (χ0) is 80.0. The van der Waals surface area contributed by atoms with E-state index < -0.39 is 97.5 Å². The SMILES string of the molecule is CCCCCCCCCCCCCCCCCCCCCCCCC(=O)OC[C@H](COP(=O)(O)OC[C@@H](O)COP(=O)(O)OC[C@@H](COC(=O)CCCCCCCCCCC(C)CC)OC(=O)CCCCCCCCCCCCC(C)C)OC(=O)CCCCCCCCCCCCCCCCCCCCC(C)CC. The van der Waals surface area contributed by atoms with Crippen molar-refractivity contribution in [2.24, 2.45) is 17.8 Å². The van der Waals surface area contributed by atoms with Gasteiger partial charge in [-0.2, -0.15) is 0 Å². The molecule has 3 N–H and O–H groups in total. The van der Waals surface area contributed by atoms with E-state index in [-0.39, 0.29) is 25.7 Å². The van der Waals surface area contributed by atoms with Crippen molar-refractivity contribution in [3.63, 3.8) is 0 Å². The third-order valence-corrected chi connectivity index (χ3v) is 23.8. The van der Waals surface area contributed by atoms with E-state index >= 15 is 0 Å². The number of aliphatic hydroxyl groups is 1. The first-order valence-electron chi connectivity index (χ1n) is 46.4. The Balaban J connectivity index is 5.22. The Morgan fingerprint density at radius 1 is 0.266 bits per heavy atom. The van der Waals surface area contributed by atoms with Crippen LogP contribution in [-0.4, -0.2) is 96.7 Å². The summed E-state index contributed by atoms with van der Waals surface area (Å²) in [7, 11) is -9.93. The highest BCUT2D eigenvalue weighted by atomic mass is 31.2. The fourth-order valence-corrected chi connectivity index (χ4v) is 15.6. The summed E-state index contributed by atoms with van der Waals surface area (Å²) in [6, 6.07) is 0. The maximum Gasteiger partial charge on any atom is 0.472 e. The second-order valence-corrected chi connectivity index (χ2v) is 36.2. The topological polar surface area (TPSA) is 237 Å². The maximum atomic E-state index is 13.2. The van der Waals surface area contributed by atoms with Gasteiger partial charge in [0.25, 0.3) is 0 Å². The van der Waals surface area contributed by atoms with Gasteiger partial charge in [0.05, 0.1) is 26.4 Å². The van der Waals surface area contributed by atoms with Crippen molar-refractivity contribution in [3.8, 4) is 0 Å². The van der Waals surface area contributed by atoms with E-state index in [0.717, 1.165) is 108 Å². The number of ether oxygens (including phenoxy) is 4. The number of phosphoric acid groups is 2. The molecule has 0 amide bonds. The molecule has 0 radical (unpaired) electrons. The van der Waals surface area contributed by atoms with Crippen molar-refractivity contribution in [3.05, 3.63) is 0 Å². The molecule has 0 aromatic heterocycles. The molecule has 648 valence electrons. The molecule has 0 heterocycles. The van der Waals surface area contributed by atoms with Crippen LogP contribution in [0, 0.1) is 17.8 Å². The Morgan fingerprint density at radius 2 is 0.468 bits per heavy atom. The standard InChI is InChI=1S/C90H176O17P2/c1-8-11-12-13-14-15-16-17-18-19-20-21-22-23-27-30-33-36-42-50-57-64-71-87(92)100-77-85(106-89(94)73-66-59-52-43-37-34-31-28-25-24-26-29-32-35-41-48-55-62-69-82(6)9-2)79-104-108(96,97)102-75-84(91)76-103-109(98,99)105-80-86(78-101-88(93)72-65-58-51-46-45-49-56-63-70-83(7)10-3)107-90(95)74-67-60-53-44-39-38-40-47-54-61-68-81(4)5/h81-86,91H,8-80H2,1-7H3,(H,96,97)(H,98,99)/t82?,83?,84-,85-,86-/m1/s1. The van der Waals surface area contributed by atoms with Crippen molar-refractivity contribution in [2.45, 2.75) is 497 Å². The van der Waals surface area contributed by atoms with Gasteiger partial charge in [-0.1, -0.05) is 427 Å². The van der Waals surface area contributed by atoms with Crippen LogP contribution in [0.15, 0.2) is 0 Å². The Morgan fingerprint density at radius 3 is 0.697 bits per heavy atom. The first kappa shape index (κ1) is 107.